The number of rotatable bonds is 4. The highest BCUT2D eigenvalue weighted by molar-refractivity contribution is 6.33. The standard InChI is InChI=1S/C20H24Cl2O4/c1-19(2,3)12-6-7-14(23)18(16(12)22)26-10-20(4,5)11-8-13(21)17(25)15(24)9-11/h6-9,23-25H,10H2,1-5H3. The van der Waals surface area contributed by atoms with Crippen LogP contribution in [0.4, 0.5) is 0 Å². The lowest BCUT2D eigenvalue weighted by molar-refractivity contribution is 0.231. The van der Waals surface area contributed by atoms with Gasteiger partial charge in [0, 0.05) is 5.41 Å². The SMILES string of the molecule is CC(C)(C)c1ccc(O)c(OCC(C)(C)c2cc(O)c(O)c(Cl)c2)c1Cl. The average Bonchev–Trinajstić information content (AvgIpc) is 2.50. The average molecular weight is 399 g/mol. The summed E-state index contributed by atoms with van der Waals surface area (Å²) < 4.78 is 5.86. The number of phenolic OH excluding ortho intramolecular Hbond substituents is 3. The normalized spacial score (nSPS) is 12.3. The molecule has 0 spiro atoms. The van der Waals surface area contributed by atoms with Crippen molar-refractivity contribution < 1.29 is 20.1 Å². The van der Waals surface area contributed by atoms with Crippen molar-refractivity contribution in [1.29, 1.82) is 0 Å². The van der Waals surface area contributed by atoms with Crippen molar-refractivity contribution in [3.05, 3.63) is 45.4 Å². The predicted octanol–water partition coefficient (Wildman–Crippen LogP) is 5.76. The first-order valence-corrected chi connectivity index (χ1v) is 8.97. The van der Waals surface area contributed by atoms with Gasteiger partial charge in [-0.15, -0.1) is 0 Å². The van der Waals surface area contributed by atoms with Crippen LogP contribution in [0.2, 0.25) is 10.0 Å². The molecular formula is C20H24Cl2O4. The second-order valence-electron chi connectivity index (χ2n) is 8.02. The van der Waals surface area contributed by atoms with Gasteiger partial charge in [0.25, 0.3) is 0 Å². The monoisotopic (exact) mass is 398 g/mol. The van der Waals surface area contributed by atoms with Gasteiger partial charge >= 0.3 is 0 Å². The topological polar surface area (TPSA) is 69.9 Å². The van der Waals surface area contributed by atoms with Crippen LogP contribution in [0.5, 0.6) is 23.0 Å². The highest BCUT2D eigenvalue weighted by Gasteiger charge is 2.27. The molecule has 0 aliphatic rings. The van der Waals surface area contributed by atoms with E-state index in [1.807, 2.05) is 34.6 Å². The van der Waals surface area contributed by atoms with E-state index >= 15 is 0 Å². The molecule has 3 N–H and O–H groups in total. The Hall–Kier alpha value is -1.78. The fourth-order valence-corrected chi connectivity index (χ4v) is 3.29. The highest BCUT2D eigenvalue weighted by Crippen LogP contribution is 2.43. The molecule has 2 aromatic carbocycles. The maximum atomic E-state index is 10.2. The predicted molar refractivity (Wildman–Crippen MR) is 105 cm³/mol. The minimum Gasteiger partial charge on any atom is -0.504 e. The van der Waals surface area contributed by atoms with E-state index in [0.29, 0.717) is 10.6 Å². The first-order chi connectivity index (χ1) is 11.8. The van der Waals surface area contributed by atoms with Crippen molar-refractivity contribution in [3.63, 3.8) is 0 Å². The van der Waals surface area contributed by atoms with Crippen LogP contribution >= 0.6 is 23.2 Å². The summed E-state index contributed by atoms with van der Waals surface area (Å²) in [5.74, 6) is -0.464. The molecular weight excluding hydrogens is 375 g/mol. The lowest BCUT2D eigenvalue weighted by Gasteiger charge is -2.28. The molecule has 2 aromatic rings. The number of phenols is 3. The van der Waals surface area contributed by atoms with Gasteiger partial charge in [0.1, 0.15) is 0 Å². The van der Waals surface area contributed by atoms with Crippen molar-refractivity contribution in [2.24, 2.45) is 0 Å². The molecule has 4 nitrogen and oxygen atoms in total. The fourth-order valence-electron chi connectivity index (χ4n) is 2.57. The lowest BCUT2D eigenvalue weighted by Crippen LogP contribution is -2.26. The molecule has 0 aliphatic carbocycles. The van der Waals surface area contributed by atoms with E-state index in [1.54, 1.807) is 18.2 Å². The van der Waals surface area contributed by atoms with Crippen LogP contribution in [0, 0.1) is 0 Å². The van der Waals surface area contributed by atoms with Gasteiger partial charge in [0.05, 0.1) is 16.7 Å². The van der Waals surface area contributed by atoms with E-state index in [1.165, 1.54) is 6.07 Å². The van der Waals surface area contributed by atoms with Crippen LogP contribution in [0.25, 0.3) is 0 Å². The molecule has 0 aromatic heterocycles. The highest BCUT2D eigenvalue weighted by atomic mass is 35.5. The van der Waals surface area contributed by atoms with E-state index in [4.69, 9.17) is 27.9 Å². The van der Waals surface area contributed by atoms with Gasteiger partial charge in [-0.05, 0) is 34.7 Å². The Bertz CT molecular complexity index is 800. The molecule has 0 atom stereocenters. The van der Waals surface area contributed by atoms with E-state index < -0.39 is 5.41 Å². The molecule has 0 fully saturated rings. The number of benzene rings is 2. The van der Waals surface area contributed by atoms with E-state index in [-0.39, 0.29) is 40.0 Å². The maximum Gasteiger partial charge on any atom is 0.179 e. The van der Waals surface area contributed by atoms with Crippen LogP contribution in [0.1, 0.15) is 45.7 Å². The van der Waals surface area contributed by atoms with Crippen molar-refractivity contribution >= 4 is 23.2 Å². The van der Waals surface area contributed by atoms with Gasteiger partial charge in [-0.1, -0.05) is 63.9 Å². The summed E-state index contributed by atoms with van der Waals surface area (Å²) in [5, 5.41) is 30.0. The molecule has 0 saturated carbocycles. The number of hydrogen-bond acceptors (Lipinski definition) is 4. The molecule has 0 radical (unpaired) electrons. The van der Waals surface area contributed by atoms with Crippen LogP contribution < -0.4 is 4.74 Å². The Balaban J connectivity index is 2.33. The van der Waals surface area contributed by atoms with Gasteiger partial charge in [-0.3, -0.25) is 0 Å². The summed E-state index contributed by atoms with van der Waals surface area (Å²) >= 11 is 12.4. The summed E-state index contributed by atoms with van der Waals surface area (Å²) in [6.45, 7) is 10.1. The second-order valence-corrected chi connectivity index (χ2v) is 8.81. The number of ether oxygens (including phenoxy) is 1. The molecule has 6 heteroatoms. The van der Waals surface area contributed by atoms with Crippen molar-refractivity contribution in [1.82, 2.24) is 0 Å². The molecule has 0 saturated heterocycles. The molecule has 142 valence electrons. The summed E-state index contributed by atoms with van der Waals surface area (Å²) in [6, 6.07) is 6.37. The minimum atomic E-state index is -0.567. The number of halogens is 2. The summed E-state index contributed by atoms with van der Waals surface area (Å²) in [4.78, 5) is 0. The number of hydrogen-bond donors (Lipinski definition) is 3. The lowest BCUT2D eigenvalue weighted by atomic mass is 9.85. The molecule has 0 heterocycles. The van der Waals surface area contributed by atoms with E-state index in [0.717, 1.165) is 5.56 Å². The Morgan fingerprint density at radius 3 is 2.08 bits per heavy atom. The van der Waals surface area contributed by atoms with Gasteiger partial charge in [-0.25, -0.2) is 0 Å². The molecule has 0 bridgehead atoms. The zero-order valence-electron chi connectivity index (χ0n) is 15.5. The van der Waals surface area contributed by atoms with Crippen molar-refractivity contribution in [3.8, 4) is 23.0 Å². The first-order valence-electron chi connectivity index (χ1n) is 8.21. The zero-order valence-corrected chi connectivity index (χ0v) is 17.0. The van der Waals surface area contributed by atoms with Gasteiger partial charge in [0.2, 0.25) is 0 Å². The quantitative estimate of drug-likeness (QED) is 0.572. The minimum absolute atomic E-state index is 0.0367. The second kappa shape index (κ2) is 7.09. The maximum absolute atomic E-state index is 10.2. The van der Waals surface area contributed by atoms with Gasteiger partial charge in [0.15, 0.2) is 23.0 Å². The summed E-state index contributed by atoms with van der Waals surface area (Å²) in [7, 11) is 0. The van der Waals surface area contributed by atoms with Gasteiger partial charge < -0.3 is 20.1 Å². The Morgan fingerprint density at radius 2 is 1.54 bits per heavy atom. The molecule has 26 heavy (non-hydrogen) atoms. The Morgan fingerprint density at radius 1 is 0.923 bits per heavy atom. The van der Waals surface area contributed by atoms with Crippen molar-refractivity contribution in [2.45, 2.75) is 45.4 Å². The Labute approximate surface area is 164 Å². The van der Waals surface area contributed by atoms with Crippen LogP contribution in [0.15, 0.2) is 24.3 Å². The van der Waals surface area contributed by atoms with E-state index in [9.17, 15) is 15.3 Å². The molecule has 0 aliphatic heterocycles. The zero-order chi connectivity index (χ0) is 19.9. The van der Waals surface area contributed by atoms with E-state index in [2.05, 4.69) is 0 Å². The Kier molecular flexibility index (Phi) is 5.60. The molecule has 2 rings (SSSR count). The van der Waals surface area contributed by atoms with Crippen LogP contribution in [0.3, 0.4) is 0 Å². The smallest absolute Gasteiger partial charge is 0.179 e. The van der Waals surface area contributed by atoms with Crippen molar-refractivity contribution in [2.75, 3.05) is 6.61 Å². The third-order valence-electron chi connectivity index (χ3n) is 4.29. The summed E-state index contributed by atoms with van der Waals surface area (Å²) in [5.41, 5.74) is 0.785. The third kappa shape index (κ3) is 4.13. The number of aromatic hydroxyl groups is 3. The van der Waals surface area contributed by atoms with Crippen LogP contribution in [-0.2, 0) is 10.8 Å². The largest absolute Gasteiger partial charge is 0.504 e. The fraction of sp³-hybridized carbons (Fsp3) is 0.400. The van der Waals surface area contributed by atoms with Crippen LogP contribution in [-0.4, -0.2) is 21.9 Å². The third-order valence-corrected chi connectivity index (χ3v) is 4.95. The first kappa shape index (κ1) is 20.5. The molecule has 0 amide bonds. The summed E-state index contributed by atoms with van der Waals surface area (Å²) in [6.07, 6.45) is 0. The van der Waals surface area contributed by atoms with Gasteiger partial charge in [-0.2, -0.15) is 0 Å². The molecule has 0 unspecified atom stereocenters.